The van der Waals surface area contributed by atoms with E-state index in [0.717, 1.165) is 16.8 Å². The van der Waals surface area contributed by atoms with Gasteiger partial charge in [0.1, 0.15) is 6.17 Å². The number of phenols is 1. The Morgan fingerprint density at radius 1 is 1.10 bits per heavy atom. The van der Waals surface area contributed by atoms with Gasteiger partial charge in [0, 0.05) is 12.2 Å². The van der Waals surface area contributed by atoms with Crippen LogP contribution in [0.5, 0.6) is 23.0 Å². The number of amides is 1. The lowest BCUT2D eigenvalue weighted by molar-refractivity contribution is 0.0666. The van der Waals surface area contributed by atoms with Crippen LogP contribution in [-0.2, 0) is 6.54 Å². The van der Waals surface area contributed by atoms with Gasteiger partial charge in [-0.15, -0.1) is 0 Å². The first-order valence-electron chi connectivity index (χ1n) is 9.56. The van der Waals surface area contributed by atoms with E-state index in [-0.39, 0.29) is 18.4 Å². The summed E-state index contributed by atoms with van der Waals surface area (Å²) in [5, 5.41) is 13.7. The van der Waals surface area contributed by atoms with Crippen molar-refractivity contribution in [2.75, 3.05) is 19.2 Å². The number of fused-ring (bicyclic) bond motifs is 2. The molecule has 0 saturated carbocycles. The number of ether oxygens (including phenoxy) is 3. The van der Waals surface area contributed by atoms with Crippen LogP contribution >= 0.6 is 0 Å². The average Bonchev–Trinajstić information content (AvgIpc) is 3.23. The number of hydrogen-bond acceptors (Lipinski definition) is 6. The van der Waals surface area contributed by atoms with Crippen LogP contribution in [-0.4, -0.2) is 29.8 Å². The lowest BCUT2D eigenvalue weighted by Crippen LogP contribution is -2.42. The molecule has 0 aromatic heterocycles. The first kappa shape index (κ1) is 18.2. The monoisotopic (exact) mass is 404 g/mol. The third kappa shape index (κ3) is 3.04. The molecule has 0 spiro atoms. The van der Waals surface area contributed by atoms with E-state index < -0.39 is 6.17 Å². The lowest BCUT2D eigenvalue weighted by atomic mass is 10.0. The summed E-state index contributed by atoms with van der Waals surface area (Å²) in [5.74, 6) is 1.67. The van der Waals surface area contributed by atoms with Gasteiger partial charge in [0.2, 0.25) is 6.79 Å². The Kier molecular flexibility index (Phi) is 4.35. The molecule has 2 aliphatic heterocycles. The Morgan fingerprint density at radius 3 is 2.77 bits per heavy atom. The molecular formula is C23H20N2O5. The maximum atomic E-state index is 13.4. The molecule has 0 bridgehead atoms. The molecule has 5 rings (SSSR count). The Hall–Kier alpha value is -3.87. The van der Waals surface area contributed by atoms with E-state index in [1.54, 1.807) is 23.1 Å². The number of anilines is 1. The van der Waals surface area contributed by atoms with Gasteiger partial charge < -0.3 is 29.5 Å². The molecule has 2 N–H and O–H groups in total. The fourth-order valence-corrected chi connectivity index (χ4v) is 3.83. The van der Waals surface area contributed by atoms with Gasteiger partial charge in [0.15, 0.2) is 23.0 Å². The highest BCUT2D eigenvalue weighted by Crippen LogP contribution is 2.38. The lowest BCUT2D eigenvalue weighted by Gasteiger charge is -2.38. The maximum Gasteiger partial charge on any atom is 0.258 e. The van der Waals surface area contributed by atoms with E-state index in [0.29, 0.717) is 29.4 Å². The molecule has 3 aromatic carbocycles. The highest BCUT2D eigenvalue weighted by atomic mass is 16.7. The van der Waals surface area contributed by atoms with Crippen LogP contribution in [0.4, 0.5) is 5.69 Å². The minimum absolute atomic E-state index is 0.0196. The van der Waals surface area contributed by atoms with E-state index in [2.05, 4.69) is 5.32 Å². The second-order valence-corrected chi connectivity index (χ2v) is 7.14. The van der Waals surface area contributed by atoms with Crippen molar-refractivity contribution < 1.29 is 24.1 Å². The van der Waals surface area contributed by atoms with Crippen molar-refractivity contribution >= 4 is 11.6 Å². The van der Waals surface area contributed by atoms with Gasteiger partial charge in [-0.3, -0.25) is 4.79 Å². The zero-order valence-electron chi connectivity index (χ0n) is 16.3. The summed E-state index contributed by atoms with van der Waals surface area (Å²) in [5.41, 5.74) is 3.02. The van der Waals surface area contributed by atoms with Gasteiger partial charge in [0.25, 0.3) is 5.91 Å². The molecule has 1 amide bonds. The third-order valence-electron chi connectivity index (χ3n) is 5.33. The standard InChI is InChI=1S/C23H20N2O5/c1-28-19-9-7-15(11-18(19)26)22-24-17-5-3-2-4-16(17)23(27)25(22)12-14-6-8-20-21(10-14)30-13-29-20/h2-11,22,24,26H,12-13H2,1H3/t22-/m1/s1. The van der Waals surface area contributed by atoms with Crippen LogP contribution in [0, 0.1) is 0 Å². The normalized spacial score (nSPS) is 16.8. The number of carbonyl (C=O) groups is 1. The summed E-state index contributed by atoms with van der Waals surface area (Å²) >= 11 is 0. The number of aromatic hydroxyl groups is 1. The maximum absolute atomic E-state index is 13.4. The van der Waals surface area contributed by atoms with Crippen molar-refractivity contribution in [3.05, 3.63) is 77.4 Å². The first-order valence-corrected chi connectivity index (χ1v) is 9.56. The van der Waals surface area contributed by atoms with Crippen molar-refractivity contribution in [2.24, 2.45) is 0 Å². The van der Waals surface area contributed by atoms with Gasteiger partial charge in [-0.25, -0.2) is 0 Å². The fraction of sp³-hybridized carbons (Fsp3) is 0.174. The number of carbonyl (C=O) groups excluding carboxylic acids is 1. The van der Waals surface area contributed by atoms with Gasteiger partial charge >= 0.3 is 0 Å². The van der Waals surface area contributed by atoms with E-state index in [9.17, 15) is 9.90 Å². The second-order valence-electron chi connectivity index (χ2n) is 7.14. The molecule has 2 aliphatic rings. The minimum Gasteiger partial charge on any atom is -0.504 e. The molecule has 2 heterocycles. The van der Waals surface area contributed by atoms with Gasteiger partial charge in [0.05, 0.1) is 12.7 Å². The topological polar surface area (TPSA) is 80.3 Å². The molecule has 7 nitrogen and oxygen atoms in total. The number of methoxy groups -OCH3 is 1. The number of para-hydroxylation sites is 1. The molecule has 3 aromatic rings. The average molecular weight is 404 g/mol. The number of benzene rings is 3. The minimum atomic E-state index is -0.463. The smallest absolute Gasteiger partial charge is 0.258 e. The van der Waals surface area contributed by atoms with E-state index in [1.807, 2.05) is 42.5 Å². The molecule has 0 aliphatic carbocycles. The van der Waals surface area contributed by atoms with Gasteiger partial charge in [-0.1, -0.05) is 24.3 Å². The number of nitrogens with zero attached hydrogens (tertiary/aromatic N) is 1. The molecule has 152 valence electrons. The zero-order valence-corrected chi connectivity index (χ0v) is 16.3. The summed E-state index contributed by atoms with van der Waals surface area (Å²) in [6, 6.07) is 18.2. The third-order valence-corrected chi connectivity index (χ3v) is 5.33. The van der Waals surface area contributed by atoms with Gasteiger partial charge in [-0.05, 0) is 47.5 Å². The van der Waals surface area contributed by atoms with Gasteiger partial charge in [-0.2, -0.15) is 0 Å². The van der Waals surface area contributed by atoms with Crippen molar-refractivity contribution in [3.8, 4) is 23.0 Å². The van der Waals surface area contributed by atoms with Crippen molar-refractivity contribution in [1.29, 1.82) is 0 Å². The van der Waals surface area contributed by atoms with E-state index in [4.69, 9.17) is 14.2 Å². The van der Waals surface area contributed by atoms with Crippen LogP contribution < -0.4 is 19.5 Å². The number of phenolic OH excluding ortho intramolecular Hbond substituents is 1. The number of rotatable bonds is 4. The predicted octanol–water partition coefficient (Wildman–Crippen LogP) is 3.90. The predicted molar refractivity (Wildman–Crippen MR) is 110 cm³/mol. The Labute approximate surface area is 173 Å². The highest BCUT2D eigenvalue weighted by Gasteiger charge is 2.33. The largest absolute Gasteiger partial charge is 0.504 e. The Bertz CT molecular complexity index is 1130. The second kappa shape index (κ2) is 7.18. The molecule has 0 saturated heterocycles. The van der Waals surface area contributed by atoms with Crippen LogP contribution in [0.15, 0.2) is 60.7 Å². The Morgan fingerprint density at radius 2 is 1.93 bits per heavy atom. The van der Waals surface area contributed by atoms with Crippen molar-refractivity contribution in [3.63, 3.8) is 0 Å². The van der Waals surface area contributed by atoms with Crippen LogP contribution in [0.25, 0.3) is 0 Å². The van der Waals surface area contributed by atoms with Crippen LogP contribution in [0.3, 0.4) is 0 Å². The Balaban J connectivity index is 1.54. The molecular weight excluding hydrogens is 384 g/mol. The molecule has 0 unspecified atom stereocenters. The summed E-state index contributed by atoms with van der Waals surface area (Å²) in [6.45, 7) is 0.554. The number of nitrogens with one attached hydrogen (secondary N) is 1. The summed E-state index contributed by atoms with van der Waals surface area (Å²) in [4.78, 5) is 15.1. The van der Waals surface area contributed by atoms with Crippen molar-refractivity contribution in [2.45, 2.75) is 12.7 Å². The number of hydrogen-bond donors (Lipinski definition) is 2. The van der Waals surface area contributed by atoms with Crippen molar-refractivity contribution in [1.82, 2.24) is 4.90 Å². The molecule has 7 heteroatoms. The van der Waals surface area contributed by atoms with Crippen LogP contribution in [0.2, 0.25) is 0 Å². The molecule has 0 fully saturated rings. The fourth-order valence-electron chi connectivity index (χ4n) is 3.83. The SMILES string of the molecule is COc1ccc([C@@H]2Nc3ccccc3C(=O)N2Cc2ccc3c(c2)OCO3)cc1O. The molecule has 30 heavy (non-hydrogen) atoms. The first-order chi connectivity index (χ1) is 14.6. The molecule has 0 radical (unpaired) electrons. The summed E-state index contributed by atoms with van der Waals surface area (Å²) < 4.78 is 16.0. The summed E-state index contributed by atoms with van der Waals surface area (Å²) in [7, 11) is 1.50. The highest BCUT2D eigenvalue weighted by molar-refractivity contribution is 6.01. The zero-order chi connectivity index (χ0) is 20.7. The van der Waals surface area contributed by atoms with Crippen LogP contribution in [0.1, 0.15) is 27.7 Å². The molecule has 1 atom stereocenters. The summed E-state index contributed by atoms with van der Waals surface area (Å²) in [6.07, 6.45) is -0.463. The quantitative estimate of drug-likeness (QED) is 0.687. The van der Waals surface area contributed by atoms with E-state index >= 15 is 0 Å². The van der Waals surface area contributed by atoms with E-state index in [1.165, 1.54) is 7.11 Å².